The second-order valence-electron chi connectivity index (χ2n) is 8.53. The molecule has 0 unspecified atom stereocenters. The number of rotatable bonds is 8. The van der Waals surface area contributed by atoms with E-state index in [2.05, 4.69) is 46.5 Å². The molecule has 7 heteroatoms. The van der Waals surface area contributed by atoms with Gasteiger partial charge in [-0.25, -0.2) is 0 Å². The topological polar surface area (TPSA) is 75.8 Å². The Morgan fingerprint density at radius 1 is 0.970 bits per heavy atom. The van der Waals surface area contributed by atoms with Crippen LogP contribution in [0.5, 0.6) is 17.2 Å². The van der Waals surface area contributed by atoms with Gasteiger partial charge in [0.25, 0.3) is 5.56 Å². The van der Waals surface area contributed by atoms with Crippen molar-refractivity contribution >= 4 is 22.3 Å². The van der Waals surface area contributed by atoms with Crippen LogP contribution in [0.1, 0.15) is 37.7 Å². The molecule has 2 N–H and O–H groups in total. The highest BCUT2D eigenvalue weighted by atomic mass is 16.5. The summed E-state index contributed by atoms with van der Waals surface area (Å²) in [6.45, 7) is 0.389. The maximum Gasteiger partial charge on any atom is 0.253 e. The number of aromatic nitrogens is 1. The lowest BCUT2D eigenvalue weighted by Crippen LogP contribution is -2.33. The van der Waals surface area contributed by atoms with Crippen molar-refractivity contribution in [3.05, 3.63) is 52.3 Å². The van der Waals surface area contributed by atoms with Crippen LogP contribution < -0.4 is 30.0 Å². The zero-order valence-corrected chi connectivity index (χ0v) is 19.9. The number of methoxy groups -OCH3 is 3. The van der Waals surface area contributed by atoms with Crippen LogP contribution in [-0.4, -0.2) is 39.4 Å². The Morgan fingerprint density at radius 3 is 2.30 bits per heavy atom. The monoisotopic (exact) mass is 451 g/mol. The predicted molar refractivity (Wildman–Crippen MR) is 133 cm³/mol. The van der Waals surface area contributed by atoms with Gasteiger partial charge in [0.05, 0.1) is 26.8 Å². The first-order chi connectivity index (χ1) is 16.0. The smallest absolute Gasteiger partial charge is 0.253 e. The fraction of sp³-hybridized carbons (Fsp3) is 0.423. The maximum absolute atomic E-state index is 12.7. The van der Waals surface area contributed by atoms with Crippen LogP contribution in [0.3, 0.4) is 0 Å². The van der Waals surface area contributed by atoms with E-state index in [1.54, 1.807) is 27.4 Å². The van der Waals surface area contributed by atoms with Crippen molar-refractivity contribution in [2.75, 3.05) is 38.6 Å². The number of aromatic amines is 1. The molecule has 33 heavy (non-hydrogen) atoms. The summed E-state index contributed by atoms with van der Waals surface area (Å²) in [5.41, 5.74) is 3.28. The minimum absolute atomic E-state index is 0.155. The van der Waals surface area contributed by atoms with Gasteiger partial charge in [0.2, 0.25) is 5.75 Å². The molecule has 0 saturated heterocycles. The lowest BCUT2D eigenvalue weighted by Gasteiger charge is -2.33. The first-order valence-corrected chi connectivity index (χ1v) is 11.5. The summed E-state index contributed by atoms with van der Waals surface area (Å²) in [6, 6.07) is 12.6. The molecule has 1 saturated carbocycles. The van der Waals surface area contributed by atoms with Gasteiger partial charge in [-0.15, -0.1) is 0 Å². The van der Waals surface area contributed by atoms with E-state index in [9.17, 15) is 4.79 Å². The van der Waals surface area contributed by atoms with Crippen LogP contribution in [-0.2, 0) is 6.54 Å². The summed E-state index contributed by atoms with van der Waals surface area (Å²) >= 11 is 0. The first kappa shape index (κ1) is 22.8. The van der Waals surface area contributed by atoms with Crippen molar-refractivity contribution in [2.24, 2.45) is 0 Å². The maximum atomic E-state index is 12.7. The minimum Gasteiger partial charge on any atom is -0.493 e. The van der Waals surface area contributed by atoms with Gasteiger partial charge < -0.3 is 29.4 Å². The Kier molecular flexibility index (Phi) is 6.96. The normalized spacial score (nSPS) is 14.2. The third-order valence-electron chi connectivity index (χ3n) is 6.61. The van der Waals surface area contributed by atoms with Crippen molar-refractivity contribution in [2.45, 2.75) is 44.7 Å². The van der Waals surface area contributed by atoms with Gasteiger partial charge in [-0.05, 0) is 43.2 Å². The zero-order chi connectivity index (χ0) is 23.4. The van der Waals surface area contributed by atoms with Crippen LogP contribution in [0.4, 0.5) is 11.4 Å². The van der Waals surface area contributed by atoms with Crippen molar-refractivity contribution < 1.29 is 14.2 Å². The second kappa shape index (κ2) is 10.1. The number of nitrogens with zero attached hydrogens (tertiary/aromatic N) is 1. The molecule has 0 atom stereocenters. The van der Waals surface area contributed by atoms with Crippen molar-refractivity contribution in [1.82, 2.24) is 4.98 Å². The molecule has 1 heterocycles. The molecule has 0 radical (unpaired) electrons. The van der Waals surface area contributed by atoms with E-state index in [1.165, 1.54) is 37.8 Å². The molecule has 1 aliphatic rings. The molecule has 0 amide bonds. The van der Waals surface area contributed by atoms with E-state index < -0.39 is 0 Å². The molecule has 3 aromatic rings. The summed E-state index contributed by atoms with van der Waals surface area (Å²) in [7, 11) is 6.88. The fourth-order valence-corrected chi connectivity index (χ4v) is 4.69. The highest BCUT2D eigenvalue weighted by Gasteiger charge is 2.19. The number of nitrogens with one attached hydrogen (secondary N) is 2. The summed E-state index contributed by atoms with van der Waals surface area (Å²) in [4.78, 5) is 18.0. The molecule has 0 aliphatic heterocycles. The quantitative estimate of drug-likeness (QED) is 0.506. The van der Waals surface area contributed by atoms with Gasteiger partial charge in [0.1, 0.15) is 0 Å². The molecule has 7 nitrogen and oxygen atoms in total. The Morgan fingerprint density at radius 2 is 1.67 bits per heavy atom. The van der Waals surface area contributed by atoms with Crippen LogP contribution in [0, 0.1) is 0 Å². The molecule has 4 rings (SSSR count). The Labute approximate surface area is 194 Å². The van der Waals surface area contributed by atoms with Gasteiger partial charge in [-0.2, -0.15) is 0 Å². The van der Waals surface area contributed by atoms with Crippen molar-refractivity contribution in [3.63, 3.8) is 0 Å². The molecule has 2 aromatic carbocycles. The third-order valence-corrected chi connectivity index (χ3v) is 6.61. The predicted octanol–water partition coefficient (Wildman–Crippen LogP) is 4.93. The number of anilines is 2. The Hall–Kier alpha value is -3.35. The summed E-state index contributed by atoms with van der Waals surface area (Å²) in [5.74, 6) is 1.53. The summed E-state index contributed by atoms with van der Waals surface area (Å²) in [6.07, 6.45) is 6.52. The molecule has 1 aromatic heterocycles. The van der Waals surface area contributed by atoms with E-state index in [-0.39, 0.29) is 5.56 Å². The van der Waals surface area contributed by atoms with Crippen LogP contribution >= 0.6 is 0 Å². The molecule has 1 aliphatic carbocycles. The SMILES string of the molecule is COc1cc2[nH]c(=O)c(CNc3ccc(N(C)C4CCCCC4)cc3)cc2c(OC)c1OC. The summed E-state index contributed by atoms with van der Waals surface area (Å²) < 4.78 is 16.4. The lowest BCUT2D eigenvalue weighted by molar-refractivity contribution is 0.327. The Bertz CT molecular complexity index is 1150. The third kappa shape index (κ3) is 4.72. The number of hydrogen-bond donors (Lipinski definition) is 2. The summed E-state index contributed by atoms with van der Waals surface area (Å²) in [5, 5.41) is 4.13. The minimum atomic E-state index is -0.155. The fourth-order valence-electron chi connectivity index (χ4n) is 4.69. The molecular weight excluding hydrogens is 418 g/mol. The van der Waals surface area contributed by atoms with Crippen LogP contribution in [0.25, 0.3) is 10.9 Å². The first-order valence-electron chi connectivity index (χ1n) is 11.5. The van der Waals surface area contributed by atoms with E-state index in [0.29, 0.717) is 40.9 Å². The van der Waals surface area contributed by atoms with Crippen molar-refractivity contribution in [3.8, 4) is 17.2 Å². The molecular formula is C26H33N3O4. The van der Waals surface area contributed by atoms with E-state index in [4.69, 9.17) is 14.2 Å². The Balaban J connectivity index is 1.53. The van der Waals surface area contributed by atoms with Gasteiger partial charge in [0.15, 0.2) is 11.5 Å². The molecule has 0 bridgehead atoms. The number of benzene rings is 2. The number of ether oxygens (including phenoxy) is 3. The van der Waals surface area contributed by atoms with Gasteiger partial charge >= 0.3 is 0 Å². The largest absolute Gasteiger partial charge is 0.493 e. The highest BCUT2D eigenvalue weighted by molar-refractivity contribution is 5.90. The zero-order valence-electron chi connectivity index (χ0n) is 19.9. The van der Waals surface area contributed by atoms with Gasteiger partial charge in [-0.1, -0.05) is 19.3 Å². The average molecular weight is 452 g/mol. The number of H-pyrrole nitrogens is 1. The van der Waals surface area contributed by atoms with E-state index >= 15 is 0 Å². The van der Waals surface area contributed by atoms with E-state index in [1.807, 2.05) is 6.07 Å². The standard InChI is InChI=1S/C26H33N3O4/c1-29(19-8-6-5-7-9-19)20-12-10-18(11-13-20)27-16-17-14-21-22(28-26(17)30)15-23(31-2)25(33-4)24(21)32-3/h10-15,19,27H,5-9,16H2,1-4H3,(H,28,30). The highest BCUT2D eigenvalue weighted by Crippen LogP contribution is 2.42. The molecule has 176 valence electrons. The van der Waals surface area contributed by atoms with Gasteiger partial charge in [-0.3, -0.25) is 4.79 Å². The van der Waals surface area contributed by atoms with Crippen LogP contribution in [0.15, 0.2) is 41.2 Å². The van der Waals surface area contributed by atoms with Gasteiger partial charge in [0, 0.05) is 48.0 Å². The van der Waals surface area contributed by atoms with Crippen molar-refractivity contribution in [1.29, 1.82) is 0 Å². The lowest BCUT2D eigenvalue weighted by atomic mass is 9.94. The average Bonchev–Trinajstić information content (AvgIpc) is 2.86. The number of fused-ring (bicyclic) bond motifs is 1. The molecule has 0 spiro atoms. The second-order valence-corrected chi connectivity index (χ2v) is 8.53. The molecule has 1 fully saturated rings. The van der Waals surface area contributed by atoms with E-state index in [0.717, 1.165) is 11.1 Å². The number of pyridine rings is 1. The van der Waals surface area contributed by atoms with Crippen LogP contribution in [0.2, 0.25) is 0 Å². The number of hydrogen-bond acceptors (Lipinski definition) is 6.